The fraction of sp³-hybridized carbons (Fsp3) is 0.164. The first-order valence-corrected chi connectivity index (χ1v) is 20.4. The van der Waals surface area contributed by atoms with Crippen LogP contribution in [0.1, 0.15) is 63.8 Å². The van der Waals surface area contributed by atoms with Gasteiger partial charge in [0, 0.05) is 34.3 Å². The Labute approximate surface area is 349 Å². The van der Waals surface area contributed by atoms with Crippen LogP contribution in [0.2, 0.25) is 0 Å². The van der Waals surface area contributed by atoms with Crippen molar-refractivity contribution >= 4 is 17.2 Å². The van der Waals surface area contributed by atoms with Gasteiger partial charge in [-0.25, -0.2) is 9.97 Å². The Kier molecular flexibility index (Phi) is 10.7. The third kappa shape index (κ3) is 8.73. The van der Waals surface area contributed by atoms with Crippen LogP contribution in [0.5, 0.6) is 5.75 Å². The molecule has 59 heavy (non-hydrogen) atoms. The number of phenols is 1. The van der Waals surface area contributed by atoms with Crippen molar-refractivity contribution in [2.75, 3.05) is 4.90 Å². The molecule has 4 heteroatoms. The zero-order valence-electron chi connectivity index (χ0n) is 34.8. The van der Waals surface area contributed by atoms with E-state index in [9.17, 15) is 5.11 Å². The molecule has 0 aliphatic rings. The van der Waals surface area contributed by atoms with Crippen molar-refractivity contribution in [2.24, 2.45) is 0 Å². The summed E-state index contributed by atoms with van der Waals surface area (Å²) in [5, 5.41) is 12.1. The first-order chi connectivity index (χ1) is 28.4. The summed E-state index contributed by atoms with van der Waals surface area (Å²) in [7, 11) is 0. The third-order valence-corrected chi connectivity index (χ3v) is 10.9. The van der Waals surface area contributed by atoms with E-state index in [1.165, 1.54) is 11.1 Å². The average molecular weight is 770 g/mol. The van der Waals surface area contributed by atoms with Crippen molar-refractivity contribution in [3.8, 4) is 50.5 Å². The van der Waals surface area contributed by atoms with Gasteiger partial charge < -0.3 is 5.11 Å². The van der Waals surface area contributed by atoms with Crippen LogP contribution in [0.4, 0.5) is 17.2 Å². The normalized spacial score (nSPS) is 11.7. The number of aromatic nitrogens is 2. The number of hydrogen-bond acceptors (Lipinski definition) is 4. The van der Waals surface area contributed by atoms with Crippen molar-refractivity contribution in [2.45, 2.75) is 58.8 Å². The SMILES string of the molecule is CC(C)(C)c1cc(-c2cc(-c3ccccc3)cc(-c3cc(-c4ccccc4)cc(N(c4ccc(Cc5ccccc5)cc4)c4ccccn4)c3)n2)c(O)c(C(C)(C)C)c1. The molecule has 4 nitrogen and oxygen atoms in total. The summed E-state index contributed by atoms with van der Waals surface area (Å²) in [5.41, 5.74) is 13.5. The zero-order chi connectivity index (χ0) is 41.1. The molecule has 0 atom stereocenters. The molecule has 6 aromatic carbocycles. The van der Waals surface area contributed by atoms with E-state index in [0.29, 0.717) is 0 Å². The Morgan fingerprint density at radius 2 is 1.03 bits per heavy atom. The van der Waals surface area contributed by atoms with Gasteiger partial charge in [-0.2, -0.15) is 0 Å². The number of hydrogen-bond donors (Lipinski definition) is 1. The molecule has 0 unspecified atom stereocenters. The molecule has 0 bridgehead atoms. The minimum atomic E-state index is -0.284. The molecule has 0 amide bonds. The lowest BCUT2D eigenvalue weighted by atomic mass is 9.78. The molecular weight excluding hydrogens is 719 g/mol. The highest BCUT2D eigenvalue weighted by atomic mass is 16.3. The van der Waals surface area contributed by atoms with Gasteiger partial charge in [-0.3, -0.25) is 4.90 Å². The number of aromatic hydroxyl groups is 1. The largest absolute Gasteiger partial charge is 0.507 e. The van der Waals surface area contributed by atoms with Crippen LogP contribution in [0.3, 0.4) is 0 Å². The number of rotatable bonds is 9. The number of phenolic OH excluding ortho intramolecular Hbond substituents is 1. The molecule has 0 spiro atoms. The molecule has 2 heterocycles. The molecule has 292 valence electrons. The lowest BCUT2D eigenvalue weighted by Gasteiger charge is -2.28. The minimum absolute atomic E-state index is 0.143. The lowest BCUT2D eigenvalue weighted by Crippen LogP contribution is -2.17. The summed E-state index contributed by atoms with van der Waals surface area (Å²) < 4.78 is 0. The average Bonchev–Trinajstić information content (AvgIpc) is 3.25. The van der Waals surface area contributed by atoms with E-state index in [-0.39, 0.29) is 16.6 Å². The van der Waals surface area contributed by atoms with Crippen molar-refractivity contribution in [3.63, 3.8) is 0 Å². The first-order valence-electron chi connectivity index (χ1n) is 20.4. The van der Waals surface area contributed by atoms with Crippen molar-refractivity contribution < 1.29 is 5.11 Å². The van der Waals surface area contributed by atoms with Gasteiger partial charge in [0.25, 0.3) is 0 Å². The molecule has 8 rings (SSSR count). The van der Waals surface area contributed by atoms with Gasteiger partial charge >= 0.3 is 0 Å². The van der Waals surface area contributed by atoms with Gasteiger partial charge in [0.1, 0.15) is 11.6 Å². The summed E-state index contributed by atoms with van der Waals surface area (Å²) in [6.45, 7) is 13.1. The van der Waals surface area contributed by atoms with Gasteiger partial charge in [0.15, 0.2) is 0 Å². The fourth-order valence-electron chi connectivity index (χ4n) is 7.63. The summed E-state index contributed by atoms with van der Waals surface area (Å²) in [5.74, 6) is 1.08. The van der Waals surface area contributed by atoms with E-state index in [1.54, 1.807) is 0 Å². The quantitative estimate of drug-likeness (QED) is 0.159. The van der Waals surface area contributed by atoms with E-state index in [0.717, 1.165) is 79.5 Å². The van der Waals surface area contributed by atoms with Crippen molar-refractivity contribution in [3.05, 3.63) is 204 Å². The van der Waals surface area contributed by atoms with Crippen LogP contribution in [0, 0.1) is 0 Å². The van der Waals surface area contributed by atoms with Crippen LogP contribution >= 0.6 is 0 Å². The van der Waals surface area contributed by atoms with Gasteiger partial charge in [0.05, 0.1) is 11.4 Å². The van der Waals surface area contributed by atoms with E-state index >= 15 is 0 Å². The number of pyridine rings is 2. The lowest BCUT2D eigenvalue weighted by molar-refractivity contribution is 0.446. The highest BCUT2D eigenvalue weighted by Crippen LogP contribution is 2.44. The molecule has 0 aliphatic heterocycles. The highest BCUT2D eigenvalue weighted by molar-refractivity contribution is 5.86. The molecular formula is C55H51N3O. The van der Waals surface area contributed by atoms with Crippen LogP contribution in [0.25, 0.3) is 44.8 Å². The maximum absolute atomic E-state index is 12.1. The monoisotopic (exact) mass is 769 g/mol. The summed E-state index contributed by atoms with van der Waals surface area (Å²) in [6.07, 6.45) is 2.70. The van der Waals surface area contributed by atoms with E-state index in [1.807, 2.05) is 30.5 Å². The summed E-state index contributed by atoms with van der Waals surface area (Å²) in [6, 6.07) is 61.6. The van der Waals surface area contributed by atoms with Crippen LogP contribution < -0.4 is 4.90 Å². The van der Waals surface area contributed by atoms with Gasteiger partial charge in [-0.15, -0.1) is 0 Å². The maximum atomic E-state index is 12.1. The molecule has 2 aromatic heterocycles. The van der Waals surface area contributed by atoms with E-state index < -0.39 is 0 Å². The van der Waals surface area contributed by atoms with Crippen molar-refractivity contribution in [1.82, 2.24) is 9.97 Å². The Bertz CT molecular complexity index is 2680. The van der Waals surface area contributed by atoms with Crippen molar-refractivity contribution in [1.29, 1.82) is 0 Å². The minimum Gasteiger partial charge on any atom is -0.507 e. The van der Waals surface area contributed by atoms with Crippen LogP contribution in [0.15, 0.2) is 182 Å². The predicted octanol–water partition coefficient (Wildman–Crippen LogP) is 14.5. The number of benzene rings is 6. The number of nitrogens with zero attached hydrogens (tertiary/aromatic N) is 3. The molecule has 0 aliphatic carbocycles. The van der Waals surface area contributed by atoms with Gasteiger partial charge in [-0.05, 0) is 117 Å². The molecule has 8 aromatic rings. The van der Waals surface area contributed by atoms with Crippen LogP contribution in [-0.4, -0.2) is 15.1 Å². The molecule has 0 saturated heterocycles. The maximum Gasteiger partial charge on any atom is 0.137 e. The second-order valence-electron chi connectivity index (χ2n) is 17.4. The van der Waals surface area contributed by atoms with Crippen LogP contribution in [-0.2, 0) is 17.3 Å². The predicted molar refractivity (Wildman–Crippen MR) is 247 cm³/mol. The summed E-state index contributed by atoms with van der Waals surface area (Å²) in [4.78, 5) is 12.5. The molecule has 0 fully saturated rings. The van der Waals surface area contributed by atoms with E-state index in [2.05, 4.69) is 198 Å². The molecule has 0 saturated carbocycles. The Hall–Kier alpha value is -6.78. The van der Waals surface area contributed by atoms with E-state index in [4.69, 9.17) is 9.97 Å². The fourth-order valence-corrected chi connectivity index (χ4v) is 7.63. The standard InChI is InChI=1S/C55H51N3O/c1-54(2,3)45-36-48(53(59)49(37-45)55(4,5)6)51-35-43(41-22-14-9-15-23-41)34-50(57-51)44-31-42(40-20-12-8-13-21-40)32-47(33-44)58(52-24-16-17-29-56-52)46-27-25-39(26-28-46)30-38-18-10-7-11-19-38/h7-29,31-37,59H,30H2,1-6H3. The number of anilines is 3. The smallest absolute Gasteiger partial charge is 0.137 e. The highest BCUT2D eigenvalue weighted by Gasteiger charge is 2.27. The summed E-state index contributed by atoms with van der Waals surface area (Å²) >= 11 is 0. The van der Waals surface area contributed by atoms with Gasteiger partial charge in [0.2, 0.25) is 0 Å². The zero-order valence-corrected chi connectivity index (χ0v) is 34.8. The Balaban J connectivity index is 1.35. The molecule has 0 radical (unpaired) electrons. The first kappa shape index (κ1) is 39.1. The second-order valence-corrected chi connectivity index (χ2v) is 17.4. The Morgan fingerprint density at radius 1 is 0.475 bits per heavy atom. The Morgan fingerprint density at radius 3 is 1.63 bits per heavy atom. The van der Waals surface area contributed by atoms with Gasteiger partial charge in [-0.1, -0.05) is 157 Å². The second kappa shape index (κ2) is 16.2. The third-order valence-electron chi connectivity index (χ3n) is 10.9. The molecule has 1 N–H and O–H groups in total. The topological polar surface area (TPSA) is 49.2 Å².